The minimum Gasteiger partial charge on any atom is -0.424 e. The van der Waals surface area contributed by atoms with Gasteiger partial charge in [-0.05, 0) is 18.6 Å². The summed E-state index contributed by atoms with van der Waals surface area (Å²) >= 11 is 5.38. The molecule has 0 aliphatic carbocycles. The van der Waals surface area contributed by atoms with E-state index < -0.39 is 0 Å². The summed E-state index contributed by atoms with van der Waals surface area (Å²) < 4.78 is 4.90. The van der Waals surface area contributed by atoms with Gasteiger partial charge < -0.3 is 4.74 Å². The van der Waals surface area contributed by atoms with Gasteiger partial charge in [0.1, 0.15) is 0 Å². The summed E-state index contributed by atoms with van der Waals surface area (Å²) in [6, 6.07) is 7.38. The summed E-state index contributed by atoms with van der Waals surface area (Å²) in [6.45, 7) is 1.89. The van der Waals surface area contributed by atoms with Crippen molar-refractivity contribution in [1.29, 1.82) is 10.8 Å². The summed E-state index contributed by atoms with van der Waals surface area (Å²) in [5, 5.41) is 14.8. The Kier molecular flexibility index (Phi) is 3.65. The lowest BCUT2D eigenvalue weighted by Gasteiger charge is -2.07. The molecule has 0 atom stereocenters. The van der Waals surface area contributed by atoms with Gasteiger partial charge in [-0.2, -0.15) is 0 Å². The number of rotatable bonds is 2. The fraction of sp³-hybridized carbons (Fsp3) is 0.200. The van der Waals surface area contributed by atoms with Crippen molar-refractivity contribution in [1.82, 2.24) is 0 Å². The highest BCUT2D eigenvalue weighted by atomic mass is 35.5. The Morgan fingerprint density at radius 3 is 2.57 bits per heavy atom. The molecule has 3 nitrogen and oxygen atoms in total. The summed E-state index contributed by atoms with van der Waals surface area (Å²) in [7, 11) is 0. The van der Waals surface area contributed by atoms with Gasteiger partial charge in [-0.15, -0.1) is 11.6 Å². The standard InChI is InChI=1S/C10H11ClN2O/c1-7-4-2-3-5-8(7)10(13)14-9(12)6-11/h2-5,12-13H,6H2,1H3. The number of halogens is 1. The number of hydrogen-bond acceptors (Lipinski definition) is 3. The third kappa shape index (κ3) is 2.57. The molecule has 0 saturated heterocycles. The van der Waals surface area contributed by atoms with Gasteiger partial charge in [0.25, 0.3) is 0 Å². The van der Waals surface area contributed by atoms with E-state index in [2.05, 4.69) is 0 Å². The Labute approximate surface area is 87.7 Å². The van der Waals surface area contributed by atoms with Gasteiger partial charge in [0.15, 0.2) is 0 Å². The van der Waals surface area contributed by atoms with Crippen LogP contribution in [0.15, 0.2) is 24.3 Å². The lowest BCUT2D eigenvalue weighted by Crippen LogP contribution is -2.13. The lowest BCUT2D eigenvalue weighted by atomic mass is 10.1. The van der Waals surface area contributed by atoms with E-state index in [1.807, 2.05) is 25.1 Å². The van der Waals surface area contributed by atoms with Crippen molar-refractivity contribution in [3.8, 4) is 0 Å². The number of benzene rings is 1. The van der Waals surface area contributed by atoms with E-state index in [0.717, 1.165) is 5.56 Å². The van der Waals surface area contributed by atoms with Crippen LogP contribution in [0.4, 0.5) is 0 Å². The van der Waals surface area contributed by atoms with Gasteiger partial charge in [-0.3, -0.25) is 10.8 Å². The van der Waals surface area contributed by atoms with Gasteiger partial charge in [0, 0.05) is 5.56 Å². The minimum absolute atomic E-state index is 0.0196. The maximum Gasteiger partial charge on any atom is 0.221 e. The van der Waals surface area contributed by atoms with Crippen LogP contribution in [0.2, 0.25) is 0 Å². The van der Waals surface area contributed by atoms with Gasteiger partial charge in [-0.1, -0.05) is 18.2 Å². The Morgan fingerprint density at radius 2 is 2.00 bits per heavy atom. The van der Waals surface area contributed by atoms with E-state index in [1.54, 1.807) is 6.07 Å². The number of nitrogens with one attached hydrogen (secondary N) is 2. The van der Waals surface area contributed by atoms with E-state index >= 15 is 0 Å². The first kappa shape index (κ1) is 10.7. The van der Waals surface area contributed by atoms with Gasteiger partial charge in [0.05, 0.1) is 5.88 Å². The van der Waals surface area contributed by atoms with Crippen LogP contribution in [0, 0.1) is 17.7 Å². The molecular weight excluding hydrogens is 200 g/mol. The molecule has 4 heteroatoms. The van der Waals surface area contributed by atoms with Crippen LogP contribution in [0.3, 0.4) is 0 Å². The lowest BCUT2D eigenvalue weighted by molar-refractivity contribution is 0.532. The second kappa shape index (κ2) is 4.77. The normalized spacial score (nSPS) is 9.57. The van der Waals surface area contributed by atoms with Crippen molar-refractivity contribution in [2.24, 2.45) is 0 Å². The van der Waals surface area contributed by atoms with Crippen LogP contribution in [0.1, 0.15) is 11.1 Å². The molecule has 0 radical (unpaired) electrons. The van der Waals surface area contributed by atoms with Crippen molar-refractivity contribution in [2.75, 3.05) is 5.88 Å². The molecule has 0 aliphatic rings. The molecule has 1 aromatic rings. The predicted octanol–water partition coefficient (Wildman–Crippen LogP) is 2.55. The van der Waals surface area contributed by atoms with Crippen LogP contribution in [-0.4, -0.2) is 17.7 Å². The Morgan fingerprint density at radius 1 is 1.36 bits per heavy atom. The SMILES string of the molecule is Cc1ccccc1C(=N)OC(=N)CCl. The number of ether oxygens (including phenoxy) is 1. The zero-order chi connectivity index (χ0) is 10.6. The topological polar surface area (TPSA) is 56.9 Å². The van der Waals surface area contributed by atoms with Crippen molar-refractivity contribution in [3.05, 3.63) is 35.4 Å². The molecule has 1 rings (SSSR count). The maximum absolute atomic E-state index is 7.58. The van der Waals surface area contributed by atoms with E-state index in [0.29, 0.717) is 5.56 Å². The highest BCUT2D eigenvalue weighted by molar-refractivity contribution is 6.27. The van der Waals surface area contributed by atoms with Crippen LogP contribution in [0.25, 0.3) is 0 Å². The molecule has 0 heterocycles. The molecule has 14 heavy (non-hydrogen) atoms. The number of alkyl halides is 1. The zero-order valence-corrected chi connectivity index (χ0v) is 8.56. The van der Waals surface area contributed by atoms with Crippen molar-refractivity contribution in [3.63, 3.8) is 0 Å². The molecule has 0 saturated carbocycles. The van der Waals surface area contributed by atoms with Crippen LogP contribution in [-0.2, 0) is 4.74 Å². The van der Waals surface area contributed by atoms with Gasteiger partial charge in [-0.25, -0.2) is 0 Å². The van der Waals surface area contributed by atoms with Gasteiger partial charge in [0.2, 0.25) is 11.8 Å². The minimum atomic E-state index is -0.111. The van der Waals surface area contributed by atoms with Crippen LogP contribution >= 0.6 is 11.6 Å². The highest BCUT2D eigenvalue weighted by Gasteiger charge is 2.07. The van der Waals surface area contributed by atoms with E-state index in [-0.39, 0.29) is 17.7 Å². The van der Waals surface area contributed by atoms with Crippen LogP contribution in [0.5, 0.6) is 0 Å². The molecule has 0 aliphatic heterocycles. The molecule has 1 aromatic carbocycles. The molecule has 2 N–H and O–H groups in total. The average Bonchev–Trinajstić information content (AvgIpc) is 2.18. The van der Waals surface area contributed by atoms with Crippen molar-refractivity contribution in [2.45, 2.75) is 6.92 Å². The van der Waals surface area contributed by atoms with Crippen LogP contribution < -0.4 is 0 Å². The predicted molar refractivity (Wildman–Crippen MR) is 57.5 cm³/mol. The van der Waals surface area contributed by atoms with Crippen molar-refractivity contribution < 1.29 is 4.74 Å². The number of hydrogen-bond donors (Lipinski definition) is 2. The molecule has 0 amide bonds. The summed E-state index contributed by atoms with van der Waals surface area (Å²) in [4.78, 5) is 0. The van der Waals surface area contributed by atoms with Gasteiger partial charge >= 0.3 is 0 Å². The highest BCUT2D eigenvalue weighted by Crippen LogP contribution is 2.08. The first-order valence-corrected chi connectivity index (χ1v) is 4.64. The quantitative estimate of drug-likeness (QED) is 0.440. The Hall–Kier alpha value is -1.35. The van der Waals surface area contributed by atoms with Crippen molar-refractivity contribution >= 4 is 23.4 Å². The van der Waals surface area contributed by atoms with E-state index in [1.165, 1.54) is 0 Å². The third-order valence-electron chi connectivity index (χ3n) is 1.74. The Balaban J connectivity index is 2.80. The molecule has 0 spiro atoms. The number of aryl methyl sites for hydroxylation is 1. The fourth-order valence-corrected chi connectivity index (χ4v) is 1.09. The third-order valence-corrected chi connectivity index (χ3v) is 1.98. The maximum atomic E-state index is 7.58. The first-order chi connectivity index (χ1) is 6.65. The molecule has 0 fully saturated rings. The molecule has 0 bridgehead atoms. The molecule has 74 valence electrons. The summed E-state index contributed by atoms with van der Waals surface area (Å²) in [5.74, 6) is -0.164. The first-order valence-electron chi connectivity index (χ1n) is 4.11. The molecular formula is C10H11ClN2O. The summed E-state index contributed by atoms with van der Waals surface area (Å²) in [6.07, 6.45) is 0. The molecule has 0 unspecified atom stereocenters. The average molecular weight is 211 g/mol. The summed E-state index contributed by atoms with van der Waals surface area (Å²) in [5.41, 5.74) is 1.63. The second-order valence-electron chi connectivity index (χ2n) is 2.80. The van der Waals surface area contributed by atoms with E-state index in [9.17, 15) is 0 Å². The Bertz CT molecular complexity index is 363. The zero-order valence-electron chi connectivity index (χ0n) is 7.80. The molecule has 0 aromatic heterocycles. The van der Waals surface area contributed by atoms with E-state index in [4.69, 9.17) is 27.2 Å². The smallest absolute Gasteiger partial charge is 0.221 e. The fourth-order valence-electron chi connectivity index (χ4n) is 1.03. The second-order valence-corrected chi connectivity index (χ2v) is 3.07. The monoisotopic (exact) mass is 210 g/mol. The largest absolute Gasteiger partial charge is 0.424 e.